The third kappa shape index (κ3) is 5.26. The van der Waals surface area contributed by atoms with E-state index < -0.39 is 0 Å². The number of hydrogen-bond acceptors (Lipinski definition) is 4. The topological polar surface area (TPSA) is 52.7 Å². The van der Waals surface area contributed by atoms with Crippen LogP contribution in [0.3, 0.4) is 0 Å². The summed E-state index contributed by atoms with van der Waals surface area (Å²) in [6.45, 7) is 4.12. The van der Waals surface area contributed by atoms with Gasteiger partial charge in [0.15, 0.2) is 0 Å². The van der Waals surface area contributed by atoms with E-state index in [1.54, 1.807) is 6.92 Å². The number of amides is 2. The largest absolute Gasteiger partial charge is 0.352 e. The average molecular weight is 344 g/mol. The zero-order valence-electron chi connectivity index (χ0n) is 13.0. The molecule has 1 N–H and O–H groups in total. The van der Waals surface area contributed by atoms with Crippen LogP contribution in [0.25, 0.3) is 0 Å². The number of likely N-dealkylation sites (tertiary alicyclic amines) is 1. The van der Waals surface area contributed by atoms with Crippen molar-refractivity contribution in [1.82, 2.24) is 15.1 Å². The van der Waals surface area contributed by atoms with Crippen molar-refractivity contribution in [3.05, 3.63) is 21.3 Å². The zero-order chi connectivity index (χ0) is 16.1. The summed E-state index contributed by atoms with van der Waals surface area (Å²) in [5.74, 6) is 0.144. The fraction of sp³-hybridized carbons (Fsp3) is 0.600. The van der Waals surface area contributed by atoms with E-state index in [9.17, 15) is 9.59 Å². The Labute approximate surface area is 140 Å². The Hall–Kier alpha value is -1.11. The minimum Gasteiger partial charge on any atom is -0.352 e. The van der Waals surface area contributed by atoms with Gasteiger partial charge in [0.2, 0.25) is 11.8 Å². The first-order valence-electron chi connectivity index (χ1n) is 7.41. The van der Waals surface area contributed by atoms with Crippen molar-refractivity contribution in [2.75, 3.05) is 26.7 Å². The fourth-order valence-corrected chi connectivity index (χ4v) is 3.78. The molecule has 1 aromatic rings. The van der Waals surface area contributed by atoms with Gasteiger partial charge in [-0.1, -0.05) is 11.6 Å². The van der Waals surface area contributed by atoms with Gasteiger partial charge in [-0.2, -0.15) is 0 Å². The molecule has 0 bridgehead atoms. The zero-order valence-corrected chi connectivity index (χ0v) is 14.5. The Morgan fingerprint density at radius 1 is 1.41 bits per heavy atom. The molecule has 0 radical (unpaired) electrons. The van der Waals surface area contributed by atoms with Gasteiger partial charge in [-0.25, -0.2) is 0 Å². The molecular formula is C15H22ClN3O2S. The van der Waals surface area contributed by atoms with Crippen LogP contribution in [0.5, 0.6) is 0 Å². The van der Waals surface area contributed by atoms with Crippen molar-refractivity contribution in [2.45, 2.75) is 32.4 Å². The first-order chi connectivity index (χ1) is 10.4. The van der Waals surface area contributed by atoms with E-state index in [2.05, 4.69) is 5.32 Å². The summed E-state index contributed by atoms with van der Waals surface area (Å²) in [5.41, 5.74) is 0. The molecule has 122 valence electrons. The number of piperidine rings is 1. The Morgan fingerprint density at radius 2 is 2.09 bits per heavy atom. The molecule has 2 amide bonds. The molecule has 0 atom stereocenters. The lowest BCUT2D eigenvalue weighted by Gasteiger charge is -2.32. The highest BCUT2D eigenvalue weighted by molar-refractivity contribution is 7.16. The van der Waals surface area contributed by atoms with Crippen LogP contribution >= 0.6 is 22.9 Å². The fourth-order valence-electron chi connectivity index (χ4n) is 2.62. The van der Waals surface area contributed by atoms with E-state index in [-0.39, 0.29) is 17.9 Å². The third-order valence-corrected chi connectivity index (χ3v) is 4.99. The number of carbonyl (C=O) groups is 2. The number of hydrogen-bond donors (Lipinski definition) is 1. The highest BCUT2D eigenvalue weighted by atomic mass is 35.5. The lowest BCUT2D eigenvalue weighted by Crippen LogP contribution is -2.47. The minimum atomic E-state index is 0.0337. The van der Waals surface area contributed by atoms with Crippen molar-refractivity contribution in [3.63, 3.8) is 0 Å². The lowest BCUT2D eigenvalue weighted by atomic mass is 10.1. The summed E-state index contributed by atoms with van der Waals surface area (Å²) in [6, 6.07) is 4.03. The van der Waals surface area contributed by atoms with Gasteiger partial charge >= 0.3 is 0 Å². The van der Waals surface area contributed by atoms with Gasteiger partial charge in [0.25, 0.3) is 0 Å². The number of halogens is 1. The molecule has 0 unspecified atom stereocenters. The number of rotatable bonds is 5. The quantitative estimate of drug-likeness (QED) is 0.889. The number of thiophene rings is 1. The molecule has 0 saturated carbocycles. The second kappa shape index (κ2) is 7.94. The van der Waals surface area contributed by atoms with Crippen LogP contribution in [0.2, 0.25) is 4.34 Å². The highest BCUT2D eigenvalue weighted by Gasteiger charge is 2.22. The molecule has 1 aliphatic rings. The molecule has 0 aromatic carbocycles. The Morgan fingerprint density at radius 3 is 2.64 bits per heavy atom. The van der Waals surface area contributed by atoms with Crippen LogP contribution < -0.4 is 5.32 Å². The Bertz CT molecular complexity index is 527. The standard InChI is InChI=1S/C15H22ClN3O2S/c1-11(20)19-7-5-12(6-8-19)17-15(21)10-18(2)9-13-3-4-14(16)22-13/h3-4,12H,5-10H2,1-2H3,(H,17,21). The van der Waals surface area contributed by atoms with Gasteiger partial charge < -0.3 is 10.2 Å². The number of carbonyl (C=O) groups excluding carboxylic acids is 2. The molecule has 2 heterocycles. The number of likely N-dealkylation sites (N-methyl/N-ethyl adjacent to an activating group) is 1. The van der Waals surface area contributed by atoms with Crippen LogP contribution in [0.1, 0.15) is 24.6 Å². The van der Waals surface area contributed by atoms with Crippen LogP contribution in [-0.2, 0) is 16.1 Å². The first-order valence-corrected chi connectivity index (χ1v) is 8.61. The molecular weight excluding hydrogens is 322 g/mol. The molecule has 2 rings (SSSR count). The van der Waals surface area contributed by atoms with Crippen molar-refractivity contribution < 1.29 is 9.59 Å². The van der Waals surface area contributed by atoms with E-state index in [0.717, 1.165) is 35.1 Å². The summed E-state index contributed by atoms with van der Waals surface area (Å²) in [4.78, 5) is 28.3. The second-order valence-corrected chi connectivity index (χ2v) is 7.53. The number of nitrogens with one attached hydrogen (secondary N) is 1. The SMILES string of the molecule is CC(=O)N1CCC(NC(=O)CN(C)Cc2ccc(Cl)s2)CC1. The smallest absolute Gasteiger partial charge is 0.234 e. The Balaban J connectivity index is 1.70. The monoisotopic (exact) mass is 343 g/mol. The third-order valence-electron chi connectivity index (χ3n) is 3.77. The van der Waals surface area contributed by atoms with E-state index >= 15 is 0 Å². The van der Waals surface area contributed by atoms with Crippen molar-refractivity contribution >= 4 is 34.8 Å². The summed E-state index contributed by atoms with van der Waals surface area (Å²) < 4.78 is 0.769. The molecule has 0 spiro atoms. The number of nitrogens with zero attached hydrogens (tertiary/aromatic N) is 2. The minimum absolute atomic E-state index is 0.0337. The van der Waals surface area contributed by atoms with Gasteiger partial charge in [-0.05, 0) is 32.0 Å². The molecule has 0 aliphatic carbocycles. The maximum atomic E-state index is 12.1. The molecule has 1 aromatic heterocycles. The van der Waals surface area contributed by atoms with Crippen LogP contribution in [0, 0.1) is 0 Å². The summed E-state index contributed by atoms with van der Waals surface area (Å²) in [6.07, 6.45) is 1.66. The predicted molar refractivity (Wildman–Crippen MR) is 89.1 cm³/mol. The van der Waals surface area contributed by atoms with Gasteiger partial charge in [-0.3, -0.25) is 14.5 Å². The van der Waals surface area contributed by atoms with Crippen molar-refractivity contribution in [3.8, 4) is 0 Å². The lowest BCUT2D eigenvalue weighted by molar-refractivity contribution is -0.130. The molecule has 1 saturated heterocycles. The Kier molecular flexibility index (Phi) is 6.23. The summed E-state index contributed by atoms with van der Waals surface area (Å²) in [7, 11) is 1.92. The van der Waals surface area contributed by atoms with Crippen LogP contribution in [0.15, 0.2) is 12.1 Å². The highest BCUT2D eigenvalue weighted by Crippen LogP contribution is 2.22. The maximum Gasteiger partial charge on any atom is 0.234 e. The van der Waals surface area contributed by atoms with E-state index in [4.69, 9.17) is 11.6 Å². The molecule has 1 aliphatic heterocycles. The average Bonchev–Trinajstić information content (AvgIpc) is 2.84. The van der Waals surface area contributed by atoms with Gasteiger partial charge in [0.1, 0.15) is 0 Å². The van der Waals surface area contributed by atoms with Gasteiger partial charge in [0.05, 0.1) is 10.9 Å². The van der Waals surface area contributed by atoms with Crippen molar-refractivity contribution in [2.24, 2.45) is 0 Å². The molecule has 22 heavy (non-hydrogen) atoms. The molecule has 1 fully saturated rings. The van der Waals surface area contributed by atoms with Gasteiger partial charge in [0, 0.05) is 37.5 Å². The molecule has 7 heteroatoms. The predicted octanol–water partition coefficient (Wildman–Crippen LogP) is 1.96. The van der Waals surface area contributed by atoms with E-state index in [0.29, 0.717) is 13.1 Å². The van der Waals surface area contributed by atoms with Crippen molar-refractivity contribution in [1.29, 1.82) is 0 Å². The summed E-state index contributed by atoms with van der Waals surface area (Å²) >= 11 is 7.44. The van der Waals surface area contributed by atoms with Gasteiger partial charge in [-0.15, -0.1) is 11.3 Å². The summed E-state index contributed by atoms with van der Waals surface area (Å²) in [5, 5.41) is 3.06. The van der Waals surface area contributed by atoms with E-state index in [1.165, 1.54) is 11.3 Å². The van der Waals surface area contributed by atoms with Crippen LogP contribution in [-0.4, -0.2) is 54.3 Å². The second-order valence-electron chi connectivity index (χ2n) is 5.73. The first kappa shape index (κ1) is 17.2. The van der Waals surface area contributed by atoms with Crippen LogP contribution in [0.4, 0.5) is 0 Å². The molecule has 5 nitrogen and oxygen atoms in total. The normalized spacial score (nSPS) is 16.1. The van der Waals surface area contributed by atoms with E-state index in [1.807, 2.05) is 29.0 Å². The maximum absolute atomic E-state index is 12.1.